The number of anilines is 2. The number of rotatable bonds is 12. The first-order valence-corrected chi connectivity index (χ1v) is 20.8. The van der Waals surface area contributed by atoms with Gasteiger partial charge in [-0.25, -0.2) is 0 Å². The average Bonchev–Trinajstić information content (AvgIpc) is 3.57. The van der Waals surface area contributed by atoms with Crippen molar-refractivity contribution in [1.29, 1.82) is 0 Å². The third-order valence-corrected chi connectivity index (χ3v) is 13.4. The summed E-state index contributed by atoms with van der Waals surface area (Å²) in [6, 6.07) is 28.2. The second kappa shape index (κ2) is 15.1. The van der Waals surface area contributed by atoms with E-state index in [0.29, 0.717) is 13.2 Å². The summed E-state index contributed by atoms with van der Waals surface area (Å²) in [5.74, 6) is 0.0180. The molecule has 3 aromatic rings. The Morgan fingerprint density at radius 2 is 1.61 bits per heavy atom. The van der Waals surface area contributed by atoms with E-state index < -0.39 is 20.1 Å². The van der Waals surface area contributed by atoms with E-state index in [2.05, 4.69) is 41.4 Å². The molecule has 8 nitrogen and oxygen atoms in total. The number of para-hydroxylation sites is 1. The van der Waals surface area contributed by atoms with Crippen LogP contribution in [0.25, 0.3) is 0 Å². The van der Waals surface area contributed by atoms with Gasteiger partial charge in [0, 0.05) is 30.0 Å². The number of ether oxygens (including phenoxy) is 1. The van der Waals surface area contributed by atoms with Crippen molar-refractivity contribution in [2.45, 2.75) is 82.0 Å². The maximum absolute atomic E-state index is 15.8. The van der Waals surface area contributed by atoms with Gasteiger partial charge in [0.1, 0.15) is 5.54 Å². The molecule has 3 aromatic carbocycles. The summed E-state index contributed by atoms with van der Waals surface area (Å²) in [7, 11) is -3.16. The predicted molar refractivity (Wildman–Crippen MR) is 195 cm³/mol. The molecule has 0 bridgehead atoms. The lowest BCUT2D eigenvalue weighted by Gasteiger charge is -2.39. The first kappa shape index (κ1) is 35.3. The summed E-state index contributed by atoms with van der Waals surface area (Å²) in [5.41, 5.74) is 3.24. The Kier molecular flexibility index (Phi) is 10.9. The Hall–Kier alpha value is -3.57. The molecule has 49 heavy (non-hydrogen) atoms. The van der Waals surface area contributed by atoms with E-state index in [1.54, 1.807) is 18.0 Å². The highest BCUT2D eigenvalue weighted by atomic mass is 28.4. The lowest BCUT2D eigenvalue weighted by Crippen LogP contribution is -2.55. The number of aliphatic hydroxyl groups excluding tert-OH is 1. The van der Waals surface area contributed by atoms with Gasteiger partial charge in [-0.2, -0.15) is 0 Å². The molecular formula is C39H51FN4O4Si. The minimum Gasteiger partial charge on any atom is -0.395 e. The largest absolute Gasteiger partial charge is 0.395 e. The molecule has 3 saturated heterocycles. The Morgan fingerprint density at radius 1 is 0.959 bits per heavy atom. The van der Waals surface area contributed by atoms with Crippen LogP contribution in [-0.2, 0) is 27.3 Å². The zero-order chi connectivity index (χ0) is 34.6. The Bertz CT molecular complexity index is 1550. The van der Waals surface area contributed by atoms with Crippen LogP contribution in [0.4, 0.5) is 15.5 Å². The van der Waals surface area contributed by atoms with Crippen LogP contribution in [0.2, 0.25) is 18.6 Å². The molecule has 2 amide bonds. The van der Waals surface area contributed by atoms with Gasteiger partial charge in [0.2, 0.25) is 14.3 Å². The van der Waals surface area contributed by atoms with Crippen molar-refractivity contribution in [3.8, 4) is 0 Å². The number of carbonyl (C=O) groups excluding carboxylic acids is 2. The Balaban J connectivity index is 1.11. The summed E-state index contributed by atoms with van der Waals surface area (Å²) in [4.78, 5) is 33.4. The summed E-state index contributed by atoms with van der Waals surface area (Å²) in [6.07, 6.45) is 2.47. The molecule has 3 fully saturated rings. The molecule has 3 aliphatic heterocycles. The maximum Gasteiger partial charge on any atom is 0.254 e. The van der Waals surface area contributed by atoms with Crippen LogP contribution in [0.3, 0.4) is 0 Å². The fourth-order valence-corrected chi connectivity index (χ4v) is 11.0. The van der Waals surface area contributed by atoms with E-state index in [0.717, 1.165) is 61.3 Å². The highest BCUT2D eigenvalue weighted by Crippen LogP contribution is 2.47. The molecule has 0 aliphatic carbocycles. The minimum absolute atomic E-state index is 0.0171. The third-order valence-electron chi connectivity index (χ3n) is 10.9. The fourth-order valence-electron chi connectivity index (χ4n) is 8.41. The van der Waals surface area contributed by atoms with Crippen molar-refractivity contribution in [3.05, 3.63) is 96.1 Å². The van der Waals surface area contributed by atoms with Gasteiger partial charge >= 0.3 is 0 Å². The van der Waals surface area contributed by atoms with Gasteiger partial charge in [-0.15, -0.1) is 0 Å². The number of hydrogen-bond donors (Lipinski definition) is 2. The van der Waals surface area contributed by atoms with Crippen molar-refractivity contribution in [2.24, 2.45) is 5.92 Å². The SMILES string of the molecule is C[C@H]1[C@H]([Si](C)(C)F)[C@@H](CC(=O)N(CCO)Cc2ccccc2)O[C@H]1CCc1ccc(N2CN(c3ccccc3)C3(CCNCC3)C2=O)cc1. The lowest BCUT2D eigenvalue weighted by molar-refractivity contribution is -0.135. The van der Waals surface area contributed by atoms with Crippen LogP contribution in [-0.4, -0.2) is 80.9 Å². The van der Waals surface area contributed by atoms with Gasteiger partial charge in [-0.05, 0) is 93.2 Å². The summed E-state index contributed by atoms with van der Waals surface area (Å²) >= 11 is 0. The van der Waals surface area contributed by atoms with Gasteiger partial charge < -0.3 is 29.1 Å². The molecule has 4 atom stereocenters. The van der Waals surface area contributed by atoms with E-state index in [9.17, 15) is 14.7 Å². The summed E-state index contributed by atoms with van der Waals surface area (Å²) in [6.45, 7) is 8.14. The highest BCUT2D eigenvalue weighted by molar-refractivity contribution is 6.72. The molecule has 0 aromatic heterocycles. The van der Waals surface area contributed by atoms with Crippen LogP contribution in [0.15, 0.2) is 84.9 Å². The smallest absolute Gasteiger partial charge is 0.254 e. The van der Waals surface area contributed by atoms with E-state index in [1.807, 2.05) is 65.6 Å². The van der Waals surface area contributed by atoms with Gasteiger partial charge in [0.15, 0.2) is 0 Å². The number of nitrogens with one attached hydrogen (secondary N) is 1. The van der Waals surface area contributed by atoms with Crippen LogP contribution in [0.5, 0.6) is 0 Å². The molecule has 3 aliphatic rings. The zero-order valence-corrected chi connectivity index (χ0v) is 30.1. The molecule has 0 unspecified atom stereocenters. The number of aryl methyl sites for hydroxylation is 1. The zero-order valence-electron chi connectivity index (χ0n) is 29.1. The minimum atomic E-state index is -3.16. The number of aliphatic hydroxyl groups is 1. The lowest BCUT2D eigenvalue weighted by atomic mass is 9.86. The summed E-state index contributed by atoms with van der Waals surface area (Å²) < 4.78 is 22.4. The average molecular weight is 687 g/mol. The summed E-state index contributed by atoms with van der Waals surface area (Å²) in [5, 5.41) is 13.1. The number of amides is 2. The number of benzene rings is 3. The molecule has 0 radical (unpaired) electrons. The van der Waals surface area contributed by atoms with Gasteiger partial charge in [0.05, 0.1) is 31.9 Å². The van der Waals surface area contributed by atoms with Gasteiger partial charge in [-0.1, -0.05) is 67.6 Å². The van der Waals surface area contributed by atoms with Crippen LogP contribution in [0, 0.1) is 5.92 Å². The maximum atomic E-state index is 15.8. The van der Waals surface area contributed by atoms with Crippen molar-refractivity contribution >= 4 is 31.6 Å². The molecule has 2 N–H and O–H groups in total. The van der Waals surface area contributed by atoms with Crippen molar-refractivity contribution < 1.29 is 23.5 Å². The molecule has 262 valence electrons. The van der Waals surface area contributed by atoms with E-state index >= 15 is 4.11 Å². The molecule has 6 rings (SSSR count). The molecule has 3 heterocycles. The molecule has 1 spiro atoms. The van der Waals surface area contributed by atoms with Crippen LogP contribution >= 0.6 is 0 Å². The van der Waals surface area contributed by atoms with E-state index in [-0.39, 0.29) is 48.9 Å². The first-order valence-electron chi connectivity index (χ1n) is 17.8. The number of nitrogens with zero attached hydrogens (tertiary/aromatic N) is 3. The highest BCUT2D eigenvalue weighted by Gasteiger charge is 2.54. The number of halogens is 1. The standard InChI is InChI=1S/C39H51FN4O4Si/c1-29-34(48-35(37(29)49(2,3)40)26-36(46)42(24-25-45)27-31-10-6-4-7-11-31)19-16-30-14-17-32(18-15-30)43-28-44(33-12-8-5-9-13-33)39(38(43)47)20-22-41-23-21-39/h4-15,17-18,29,34-35,37,41,45H,16,19-28H2,1-3H3/t29-,34+,35-,37+/m1/s1. The quantitative estimate of drug-likeness (QED) is 0.182. The predicted octanol–water partition coefficient (Wildman–Crippen LogP) is 5.91. The molecular weight excluding hydrogens is 636 g/mol. The first-order chi connectivity index (χ1) is 23.6. The van der Waals surface area contributed by atoms with Crippen molar-refractivity contribution in [1.82, 2.24) is 10.2 Å². The number of hydrogen-bond acceptors (Lipinski definition) is 6. The van der Waals surface area contributed by atoms with Crippen molar-refractivity contribution in [2.75, 3.05) is 42.7 Å². The van der Waals surface area contributed by atoms with Gasteiger partial charge in [-0.3, -0.25) is 14.5 Å². The fraction of sp³-hybridized carbons (Fsp3) is 0.487. The second-order valence-electron chi connectivity index (χ2n) is 14.5. The molecule has 10 heteroatoms. The van der Waals surface area contributed by atoms with E-state index in [1.165, 1.54) is 0 Å². The second-order valence-corrected chi connectivity index (χ2v) is 18.3. The number of carbonyl (C=O) groups is 2. The Morgan fingerprint density at radius 3 is 2.24 bits per heavy atom. The monoisotopic (exact) mass is 686 g/mol. The third kappa shape index (κ3) is 7.62. The van der Waals surface area contributed by atoms with Gasteiger partial charge in [0.25, 0.3) is 5.91 Å². The van der Waals surface area contributed by atoms with Crippen LogP contribution < -0.4 is 15.1 Å². The Labute approximate surface area is 291 Å². The normalized spacial score (nSPS) is 23.7. The van der Waals surface area contributed by atoms with Crippen molar-refractivity contribution in [3.63, 3.8) is 0 Å². The van der Waals surface area contributed by atoms with Crippen LogP contribution in [0.1, 0.15) is 43.7 Å². The molecule has 0 saturated carbocycles. The number of piperidine rings is 1. The van der Waals surface area contributed by atoms with E-state index in [4.69, 9.17) is 4.74 Å². The topological polar surface area (TPSA) is 85.4 Å².